The van der Waals surface area contributed by atoms with Gasteiger partial charge < -0.3 is 23.9 Å². The van der Waals surface area contributed by atoms with Crippen molar-refractivity contribution in [3.63, 3.8) is 0 Å². The van der Waals surface area contributed by atoms with E-state index in [-0.39, 0.29) is 35.1 Å². The number of hydrogen-bond donors (Lipinski definition) is 1. The van der Waals surface area contributed by atoms with Crippen molar-refractivity contribution in [1.29, 1.82) is 0 Å². The van der Waals surface area contributed by atoms with Gasteiger partial charge in [-0.15, -0.1) is 0 Å². The topological polar surface area (TPSA) is 74.5 Å². The van der Waals surface area contributed by atoms with Crippen LogP contribution in [0.15, 0.2) is 64.2 Å². The summed E-state index contributed by atoms with van der Waals surface area (Å²) in [7, 11) is 0. The van der Waals surface area contributed by atoms with Crippen LogP contribution < -0.4 is 25.9 Å². The molecule has 0 spiro atoms. The number of nitrogens with zero attached hydrogens (tertiary/aromatic N) is 2. The molecule has 1 aliphatic heterocycles. The summed E-state index contributed by atoms with van der Waals surface area (Å²) in [6.45, 7) is 4.19. The van der Waals surface area contributed by atoms with Crippen molar-refractivity contribution in [3.8, 4) is 11.5 Å². The maximum Gasteiger partial charge on any atom is 0.387 e. The monoisotopic (exact) mass is 509 g/mol. The number of alkyl halides is 2. The molecule has 4 aromatic rings. The van der Waals surface area contributed by atoms with E-state index in [2.05, 4.69) is 5.32 Å². The molecule has 1 aliphatic rings. The molecule has 1 saturated heterocycles. The molecule has 2 aromatic heterocycles. The standard InChI is InChI=1S/C28H29F2N3O4/c1-16(2)32-25-13-21(37-28(29)30)11-19(23(25)7-9-26(32)34)10-17(3)33-24-12-20(36-22-14-31-15-22)6-4-18(24)5-8-27(33)35/h4-9,11-13,16-17,22,28,31H,10,14-15H2,1-3H3. The molecule has 5 rings (SSSR count). The molecule has 194 valence electrons. The van der Waals surface area contributed by atoms with Gasteiger partial charge in [-0.25, -0.2) is 0 Å². The maximum atomic E-state index is 13.2. The molecule has 0 bridgehead atoms. The predicted molar refractivity (Wildman–Crippen MR) is 139 cm³/mol. The lowest BCUT2D eigenvalue weighted by Crippen LogP contribution is -2.50. The fourth-order valence-electron chi connectivity index (χ4n) is 4.99. The summed E-state index contributed by atoms with van der Waals surface area (Å²) in [5.74, 6) is 0.657. The van der Waals surface area contributed by atoms with Crippen LogP contribution in [0.5, 0.6) is 11.5 Å². The van der Waals surface area contributed by atoms with Crippen LogP contribution in [0.1, 0.15) is 38.4 Å². The third kappa shape index (κ3) is 4.96. The first-order valence-electron chi connectivity index (χ1n) is 12.4. The molecular formula is C28H29F2N3O4. The Morgan fingerprint density at radius 3 is 2.24 bits per heavy atom. The van der Waals surface area contributed by atoms with E-state index < -0.39 is 6.61 Å². The molecule has 0 amide bonds. The van der Waals surface area contributed by atoms with Crippen LogP contribution in [0, 0.1) is 0 Å². The Hall–Kier alpha value is -3.72. The minimum atomic E-state index is -3.00. The number of pyridine rings is 2. The highest BCUT2D eigenvalue weighted by atomic mass is 19.3. The van der Waals surface area contributed by atoms with E-state index in [0.29, 0.717) is 23.3 Å². The largest absolute Gasteiger partial charge is 0.488 e. The van der Waals surface area contributed by atoms with Crippen LogP contribution in [-0.4, -0.2) is 34.9 Å². The van der Waals surface area contributed by atoms with Crippen LogP contribution in [0.25, 0.3) is 21.8 Å². The van der Waals surface area contributed by atoms with E-state index in [9.17, 15) is 18.4 Å². The number of rotatable bonds is 8. The second kappa shape index (κ2) is 9.97. The van der Waals surface area contributed by atoms with E-state index in [1.807, 2.05) is 39.0 Å². The summed E-state index contributed by atoms with van der Waals surface area (Å²) < 4.78 is 40.3. The number of halogens is 2. The quantitative estimate of drug-likeness (QED) is 0.374. The van der Waals surface area contributed by atoms with Crippen LogP contribution in [0.3, 0.4) is 0 Å². The van der Waals surface area contributed by atoms with E-state index in [0.717, 1.165) is 29.4 Å². The zero-order chi connectivity index (χ0) is 26.3. The third-order valence-corrected chi connectivity index (χ3v) is 6.76. The number of ether oxygens (including phenoxy) is 2. The molecule has 3 heterocycles. The highest BCUT2D eigenvalue weighted by Gasteiger charge is 2.20. The van der Waals surface area contributed by atoms with Crippen molar-refractivity contribution in [1.82, 2.24) is 14.5 Å². The van der Waals surface area contributed by atoms with E-state index in [1.165, 1.54) is 18.2 Å². The van der Waals surface area contributed by atoms with Gasteiger partial charge in [0.2, 0.25) is 0 Å². The first-order valence-corrected chi connectivity index (χ1v) is 12.4. The first kappa shape index (κ1) is 25.0. The Morgan fingerprint density at radius 2 is 1.57 bits per heavy atom. The molecule has 2 aromatic carbocycles. The van der Waals surface area contributed by atoms with Gasteiger partial charge in [-0.3, -0.25) is 9.59 Å². The Bertz CT molecular complexity index is 1570. The average Bonchev–Trinajstić information content (AvgIpc) is 2.80. The van der Waals surface area contributed by atoms with E-state index >= 15 is 0 Å². The molecule has 1 N–H and O–H groups in total. The lowest BCUT2D eigenvalue weighted by Gasteiger charge is -2.28. The molecule has 0 radical (unpaired) electrons. The van der Waals surface area contributed by atoms with Gasteiger partial charge in [0.05, 0.1) is 11.0 Å². The summed E-state index contributed by atoms with van der Waals surface area (Å²) in [6, 6.07) is 14.7. The maximum absolute atomic E-state index is 13.2. The minimum Gasteiger partial charge on any atom is -0.488 e. The second-order valence-corrected chi connectivity index (χ2v) is 9.74. The van der Waals surface area contributed by atoms with Crippen molar-refractivity contribution in [3.05, 3.63) is 80.9 Å². The van der Waals surface area contributed by atoms with Crippen LogP contribution in [-0.2, 0) is 6.42 Å². The average molecular weight is 510 g/mol. The normalized spacial score (nSPS) is 14.9. The fourth-order valence-corrected chi connectivity index (χ4v) is 4.99. The van der Waals surface area contributed by atoms with E-state index in [1.54, 1.807) is 27.3 Å². The van der Waals surface area contributed by atoms with Crippen LogP contribution >= 0.6 is 0 Å². The second-order valence-electron chi connectivity index (χ2n) is 9.74. The highest BCUT2D eigenvalue weighted by Crippen LogP contribution is 2.31. The molecule has 0 saturated carbocycles. The summed E-state index contributed by atoms with van der Waals surface area (Å²) in [4.78, 5) is 25.7. The third-order valence-electron chi connectivity index (χ3n) is 6.76. The number of fused-ring (bicyclic) bond motifs is 2. The molecule has 1 unspecified atom stereocenters. The number of benzene rings is 2. The zero-order valence-electron chi connectivity index (χ0n) is 20.9. The molecule has 37 heavy (non-hydrogen) atoms. The molecular weight excluding hydrogens is 480 g/mol. The Kier molecular flexibility index (Phi) is 6.72. The van der Waals surface area contributed by atoms with Gasteiger partial charge in [0.25, 0.3) is 11.1 Å². The zero-order valence-corrected chi connectivity index (χ0v) is 20.9. The predicted octanol–water partition coefficient (Wildman–Crippen LogP) is 4.65. The SMILES string of the molecule is CC(C)n1c(=O)ccc2c(CC(C)n3c(=O)ccc4ccc(OC5CNC5)cc43)cc(OC(F)F)cc21. The van der Waals surface area contributed by atoms with Crippen molar-refractivity contribution in [2.24, 2.45) is 0 Å². The van der Waals surface area contributed by atoms with Gasteiger partial charge in [-0.05, 0) is 68.5 Å². The Balaban J connectivity index is 1.60. The van der Waals surface area contributed by atoms with Crippen molar-refractivity contribution in [2.75, 3.05) is 13.1 Å². The van der Waals surface area contributed by atoms with Gasteiger partial charge in [0.15, 0.2) is 0 Å². The highest BCUT2D eigenvalue weighted by molar-refractivity contribution is 5.85. The summed E-state index contributed by atoms with van der Waals surface area (Å²) in [6.07, 6.45) is 0.449. The minimum absolute atomic E-state index is 0.0280. The molecule has 1 atom stereocenters. The number of hydrogen-bond acceptors (Lipinski definition) is 5. The summed E-state index contributed by atoms with van der Waals surface area (Å²) in [5, 5.41) is 4.81. The van der Waals surface area contributed by atoms with Gasteiger partial charge in [0, 0.05) is 54.8 Å². The van der Waals surface area contributed by atoms with Crippen LogP contribution in [0.4, 0.5) is 8.78 Å². The smallest absolute Gasteiger partial charge is 0.387 e. The van der Waals surface area contributed by atoms with Gasteiger partial charge >= 0.3 is 6.61 Å². The van der Waals surface area contributed by atoms with Gasteiger partial charge in [0.1, 0.15) is 17.6 Å². The molecule has 0 aliphatic carbocycles. The lowest BCUT2D eigenvalue weighted by molar-refractivity contribution is -0.0498. The van der Waals surface area contributed by atoms with Gasteiger partial charge in [-0.1, -0.05) is 0 Å². The first-order chi connectivity index (χ1) is 17.7. The number of nitrogens with one attached hydrogen (secondary N) is 1. The summed E-state index contributed by atoms with van der Waals surface area (Å²) in [5.41, 5.74) is 1.54. The lowest BCUT2D eigenvalue weighted by atomic mass is 10.00. The Morgan fingerprint density at radius 1 is 0.892 bits per heavy atom. The molecule has 7 nitrogen and oxygen atoms in total. The van der Waals surface area contributed by atoms with Crippen molar-refractivity contribution >= 4 is 21.8 Å². The fraction of sp³-hybridized carbons (Fsp3) is 0.357. The molecule has 9 heteroatoms. The van der Waals surface area contributed by atoms with Crippen molar-refractivity contribution < 1.29 is 18.3 Å². The van der Waals surface area contributed by atoms with Crippen molar-refractivity contribution in [2.45, 2.75) is 52.0 Å². The van der Waals surface area contributed by atoms with E-state index in [4.69, 9.17) is 9.47 Å². The molecule has 1 fully saturated rings. The number of aromatic nitrogens is 2. The van der Waals surface area contributed by atoms with Crippen LogP contribution in [0.2, 0.25) is 0 Å². The summed E-state index contributed by atoms with van der Waals surface area (Å²) >= 11 is 0. The van der Waals surface area contributed by atoms with Gasteiger partial charge in [-0.2, -0.15) is 8.78 Å². The Labute approximate surface area is 212 Å².